The van der Waals surface area contributed by atoms with Gasteiger partial charge in [0.2, 0.25) is 0 Å². The van der Waals surface area contributed by atoms with E-state index in [0.717, 1.165) is 0 Å². The second-order valence-corrected chi connectivity index (χ2v) is 4.55. The third kappa shape index (κ3) is 4.70. The van der Waals surface area contributed by atoms with E-state index in [4.69, 9.17) is 5.73 Å². The van der Waals surface area contributed by atoms with Crippen LogP contribution < -0.4 is 16.4 Å². The topological polar surface area (TPSA) is 114 Å². The molecule has 0 aliphatic carbocycles. The average Bonchev–Trinajstić information content (AvgIpc) is 2.83. The summed E-state index contributed by atoms with van der Waals surface area (Å²) in [4.78, 5) is 35.7. The second kappa shape index (κ2) is 6.88. The van der Waals surface area contributed by atoms with E-state index in [1.54, 1.807) is 0 Å². The smallest absolute Gasteiger partial charge is 0.407 e. The number of alkyl carbamates (subject to hydrolysis) is 1. The molecule has 0 radical (unpaired) electrons. The molecular weight excluding hydrogens is 272 g/mol. The Bertz CT molecular complexity index is 401. The van der Waals surface area contributed by atoms with Gasteiger partial charge in [0.05, 0.1) is 24.7 Å². The number of amides is 3. The maximum Gasteiger partial charge on any atom is 0.407 e. The molecule has 1 aliphatic rings. The highest BCUT2D eigenvalue weighted by Gasteiger charge is 2.30. The second-order valence-electron chi connectivity index (χ2n) is 4.02. The zero-order chi connectivity index (χ0) is 14.4. The van der Waals surface area contributed by atoms with Crippen LogP contribution in [0.4, 0.5) is 4.79 Å². The summed E-state index contributed by atoms with van der Waals surface area (Å²) in [6.07, 6.45) is 0.0147. The Kier molecular flexibility index (Phi) is 5.49. The zero-order valence-electron chi connectivity index (χ0n) is 10.5. The van der Waals surface area contributed by atoms with Crippen molar-refractivity contribution in [2.75, 3.05) is 26.7 Å². The average molecular weight is 288 g/mol. The minimum absolute atomic E-state index is 0.0163. The van der Waals surface area contributed by atoms with Crippen molar-refractivity contribution in [3.05, 3.63) is 0 Å². The van der Waals surface area contributed by atoms with Crippen molar-refractivity contribution in [1.82, 2.24) is 15.5 Å². The molecule has 4 N–H and O–H groups in total. The first-order valence-electron chi connectivity index (χ1n) is 5.64. The summed E-state index contributed by atoms with van der Waals surface area (Å²) in [5.41, 5.74) is 5.22. The van der Waals surface area contributed by atoms with Crippen LogP contribution in [0.1, 0.15) is 6.42 Å². The van der Waals surface area contributed by atoms with Gasteiger partial charge >= 0.3 is 17.9 Å². The first-order chi connectivity index (χ1) is 8.93. The molecule has 0 aromatic carbocycles. The van der Waals surface area contributed by atoms with E-state index in [1.807, 2.05) is 0 Å². The first-order valence-corrected chi connectivity index (χ1v) is 6.04. The van der Waals surface area contributed by atoms with Crippen LogP contribution in [-0.4, -0.2) is 60.6 Å². The third-order valence-corrected chi connectivity index (χ3v) is 2.74. The normalized spacial score (nSPS) is 17.7. The third-order valence-electron chi connectivity index (χ3n) is 2.60. The molecule has 0 spiro atoms. The Balaban J connectivity index is 2.41. The van der Waals surface area contributed by atoms with E-state index in [2.05, 4.69) is 27.6 Å². The Morgan fingerprint density at radius 3 is 2.74 bits per heavy atom. The van der Waals surface area contributed by atoms with E-state index in [0.29, 0.717) is 13.0 Å². The number of rotatable bonds is 3. The number of hydrogen-bond acceptors (Lipinski definition) is 5. The number of thiocarbonyl (C=S) groups is 1. The minimum atomic E-state index is -0.758. The van der Waals surface area contributed by atoms with Gasteiger partial charge in [-0.1, -0.05) is 12.2 Å². The van der Waals surface area contributed by atoms with Crippen LogP contribution in [0, 0.1) is 0 Å². The zero-order valence-corrected chi connectivity index (χ0v) is 11.3. The van der Waals surface area contributed by atoms with E-state index >= 15 is 0 Å². The molecule has 1 unspecified atom stereocenters. The Morgan fingerprint density at radius 2 is 2.16 bits per heavy atom. The van der Waals surface area contributed by atoms with Crippen molar-refractivity contribution in [2.45, 2.75) is 12.5 Å². The lowest BCUT2D eigenvalue weighted by atomic mass is 10.3. The van der Waals surface area contributed by atoms with Crippen LogP contribution in [0.5, 0.6) is 0 Å². The monoisotopic (exact) mass is 288 g/mol. The van der Waals surface area contributed by atoms with Crippen molar-refractivity contribution < 1.29 is 19.1 Å². The molecule has 0 saturated carbocycles. The number of ether oxygens (including phenoxy) is 1. The number of nitrogens with zero attached hydrogens (tertiary/aromatic N) is 1. The lowest BCUT2D eigenvalue weighted by Crippen LogP contribution is -2.45. The predicted octanol–water partition coefficient (Wildman–Crippen LogP) is -1.65. The first kappa shape index (κ1) is 15.2. The van der Waals surface area contributed by atoms with Crippen LogP contribution in [0.2, 0.25) is 0 Å². The van der Waals surface area contributed by atoms with Gasteiger partial charge in [0, 0.05) is 13.1 Å². The highest BCUT2D eigenvalue weighted by Crippen LogP contribution is 2.09. The lowest BCUT2D eigenvalue weighted by Gasteiger charge is -2.16. The van der Waals surface area contributed by atoms with Crippen molar-refractivity contribution in [1.29, 1.82) is 0 Å². The number of nitrogens with one attached hydrogen (secondary N) is 2. The maximum absolute atomic E-state index is 11.7. The fourth-order valence-corrected chi connectivity index (χ4v) is 1.75. The number of carbonyl (C=O) groups excluding carboxylic acids is 3. The van der Waals surface area contributed by atoms with Gasteiger partial charge in [0.1, 0.15) is 0 Å². The van der Waals surface area contributed by atoms with Gasteiger partial charge < -0.3 is 26.0 Å². The van der Waals surface area contributed by atoms with E-state index < -0.39 is 17.9 Å². The number of hydrogen-bond donors (Lipinski definition) is 3. The molecule has 1 atom stereocenters. The summed E-state index contributed by atoms with van der Waals surface area (Å²) in [5, 5.41) is 4.89. The standard InChI is InChI=1S/C10H16N4O4S/c1-18-10(17)13-6-2-3-14(5-6)9(16)8(15)12-4-7(11)19/h6H,2-5H2,1H3,(H2,11,19)(H,12,15)(H,13,17). The quantitative estimate of drug-likeness (QED) is 0.423. The van der Waals surface area contributed by atoms with Crippen LogP contribution in [0.25, 0.3) is 0 Å². The van der Waals surface area contributed by atoms with Crippen LogP contribution >= 0.6 is 12.2 Å². The van der Waals surface area contributed by atoms with Crippen LogP contribution in [0.15, 0.2) is 0 Å². The van der Waals surface area contributed by atoms with Gasteiger partial charge in [-0.2, -0.15) is 0 Å². The molecule has 1 fully saturated rings. The van der Waals surface area contributed by atoms with Crippen molar-refractivity contribution >= 4 is 35.1 Å². The largest absolute Gasteiger partial charge is 0.453 e. The molecule has 3 amide bonds. The fourth-order valence-electron chi connectivity index (χ4n) is 1.67. The molecule has 106 valence electrons. The summed E-state index contributed by atoms with van der Waals surface area (Å²) in [6.45, 7) is 0.653. The Hall–Kier alpha value is -1.90. The SMILES string of the molecule is COC(=O)NC1CCN(C(=O)C(=O)NCC(N)=S)C1. The van der Waals surface area contributed by atoms with Crippen molar-refractivity contribution in [2.24, 2.45) is 5.73 Å². The molecule has 0 aromatic rings. The molecule has 1 heterocycles. The Labute approximate surface area is 115 Å². The lowest BCUT2D eigenvalue weighted by molar-refractivity contribution is -0.145. The van der Waals surface area contributed by atoms with Gasteiger partial charge in [0.25, 0.3) is 0 Å². The number of carbonyl (C=O) groups is 3. The number of nitrogens with two attached hydrogens (primary N) is 1. The molecule has 1 saturated heterocycles. The molecular formula is C10H16N4O4S. The molecule has 8 nitrogen and oxygen atoms in total. The molecule has 1 aliphatic heterocycles. The van der Waals surface area contributed by atoms with Crippen LogP contribution in [-0.2, 0) is 14.3 Å². The van der Waals surface area contributed by atoms with Gasteiger partial charge in [-0.05, 0) is 6.42 Å². The summed E-state index contributed by atoms with van der Waals surface area (Å²) in [6, 6.07) is -0.209. The Morgan fingerprint density at radius 1 is 1.47 bits per heavy atom. The van der Waals surface area contributed by atoms with Gasteiger partial charge in [-0.15, -0.1) is 0 Å². The highest BCUT2D eigenvalue weighted by molar-refractivity contribution is 7.80. The molecule has 0 bridgehead atoms. The molecule has 19 heavy (non-hydrogen) atoms. The molecule has 0 aromatic heterocycles. The van der Waals surface area contributed by atoms with Gasteiger partial charge in [-0.25, -0.2) is 4.79 Å². The van der Waals surface area contributed by atoms with Gasteiger partial charge in [0.15, 0.2) is 0 Å². The van der Waals surface area contributed by atoms with E-state index in [-0.39, 0.29) is 24.1 Å². The van der Waals surface area contributed by atoms with Crippen molar-refractivity contribution in [3.63, 3.8) is 0 Å². The summed E-state index contributed by atoms with van der Waals surface area (Å²) in [7, 11) is 1.26. The summed E-state index contributed by atoms with van der Waals surface area (Å²) >= 11 is 4.59. The summed E-state index contributed by atoms with van der Waals surface area (Å²) in [5.74, 6) is -1.42. The van der Waals surface area contributed by atoms with E-state index in [1.165, 1.54) is 12.0 Å². The number of likely N-dealkylation sites (tertiary alicyclic amines) is 1. The maximum atomic E-state index is 11.7. The fraction of sp³-hybridized carbons (Fsp3) is 0.600. The number of methoxy groups -OCH3 is 1. The van der Waals surface area contributed by atoms with Crippen LogP contribution in [0.3, 0.4) is 0 Å². The molecule has 1 rings (SSSR count). The van der Waals surface area contributed by atoms with Crippen molar-refractivity contribution in [3.8, 4) is 0 Å². The molecule has 9 heteroatoms. The van der Waals surface area contributed by atoms with E-state index in [9.17, 15) is 14.4 Å². The summed E-state index contributed by atoms with van der Waals surface area (Å²) < 4.78 is 4.46. The highest BCUT2D eigenvalue weighted by atomic mass is 32.1. The minimum Gasteiger partial charge on any atom is -0.453 e. The predicted molar refractivity (Wildman–Crippen MR) is 70.3 cm³/mol. The van der Waals surface area contributed by atoms with Gasteiger partial charge in [-0.3, -0.25) is 9.59 Å².